The lowest BCUT2D eigenvalue weighted by Gasteiger charge is -2.19. The Morgan fingerprint density at radius 1 is 1.29 bits per heavy atom. The van der Waals surface area contributed by atoms with Crippen molar-refractivity contribution in [1.29, 1.82) is 0 Å². The second-order valence-corrected chi connectivity index (χ2v) is 4.90. The lowest BCUT2D eigenvalue weighted by atomic mass is 10.1. The number of rotatable bonds is 3. The molecule has 17 heavy (non-hydrogen) atoms. The number of pyridine rings is 1. The molecule has 0 radical (unpaired) electrons. The smallest absolute Gasteiger partial charge is 0.310 e. The first-order chi connectivity index (χ1) is 7.78. The van der Waals surface area contributed by atoms with Crippen molar-refractivity contribution in [3.8, 4) is 0 Å². The van der Waals surface area contributed by atoms with Gasteiger partial charge in [-0.1, -0.05) is 0 Å². The first-order valence-electron chi connectivity index (χ1n) is 5.44. The predicted octanol–water partition coefficient (Wildman–Crippen LogP) is 2.17. The summed E-state index contributed by atoms with van der Waals surface area (Å²) in [5.74, 6) is -0.386. The summed E-state index contributed by atoms with van der Waals surface area (Å²) >= 11 is 0. The highest BCUT2D eigenvalue weighted by atomic mass is 16.6. The number of hydrogen-bond donors (Lipinski definition) is 0. The molecule has 0 saturated heterocycles. The van der Waals surface area contributed by atoms with Gasteiger partial charge in [-0.2, -0.15) is 0 Å². The number of ketones is 1. The molecule has 1 rings (SSSR count). The maximum atomic E-state index is 11.6. The van der Waals surface area contributed by atoms with Crippen molar-refractivity contribution in [3.05, 3.63) is 29.6 Å². The number of nitrogens with zero attached hydrogens (tertiary/aromatic N) is 1. The van der Waals surface area contributed by atoms with Crippen LogP contribution in [0.3, 0.4) is 0 Å². The van der Waals surface area contributed by atoms with E-state index in [0.29, 0.717) is 11.1 Å². The number of esters is 1. The molecule has 0 aliphatic carbocycles. The summed E-state index contributed by atoms with van der Waals surface area (Å²) in [6.45, 7) is 6.91. The maximum Gasteiger partial charge on any atom is 0.310 e. The van der Waals surface area contributed by atoms with E-state index in [1.165, 1.54) is 13.1 Å². The minimum absolute atomic E-state index is 0.0662. The van der Waals surface area contributed by atoms with Gasteiger partial charge >= 0.3 is 5.97 Å². The topological polar surface area (TPSA) is 56.3 Å². The number of hydrogen-bond acceptors (Lipinski definition) is 4. The first-order valence-corrected chi connectivity index (χ1v) is 5.44. The number of aromatic nitrogens is 1. The molecule has 0 saturated carbocycles. The van der Waals surface area contributed by atoms with Crippen LogP contribution in [0.1, 0.15) is 43.6 Å². The third-order valence-electron chi connectivity index (χ3n) is 1.97. The zero-order valence-corrected chi connectivity index (χ0v) is 10.6. The standard InChI is InChI=1S/C13H17NO3/c1-9(15)11-5-10(7-14-8-11)6-12(16)17-13(2,3)4/h5,7-8H,6H2,1-4H3. The maximum absolute atomic E-state index is 11.6. The van der Waals surface area contributed by atoms with E-state index in [1.54, 1.807) is 12.3 Å². The van der Waals surface area contributed by atoms with Crippen LogP contribution in [0.5, 0.6) is 0 Å². The molecule has 4 heteroatoms. The van der Waals surface area contributed by atoms with Gasteiger partial charge in [-0.05, 0) is 39.3 Å². The van der Waals surface area contributed by atoms with Crippen molar-refractivity contribution in [2.75, 3.05) is 0 Å². The molecular formula is C13H17NO3. The molecule has 0 aromatic carbocycles. The highest BCUT2D eigenvalue weighted by Crippen LogP contribution is 2.10. The zero-order valence-electron chi connectivity index (χ0n) is 10.6. The third kappa shape index (κ3) is 4.76. The minimum Gasteiger partial charge on any atom is -0.460 e. The Bertz CT molecular complexity index is 433. The van der Waals surface area contributed by atoms with Crippen LogP contribution in [0.2, 0.25) is 0 Å². The van der Waals surface area contributed by atoms with Gasteiger partial charge in [0, 0.05) is 18.0 Å². The fourth-order valence-electron chi connectivity index (χ4n) is 1.32. The molecule has 0 aliphatic heterocycles. The molecule has 1 aromatic heterocycles. The Balaban J connectivity index is 2.72. The van der Waals surface area contributed by atoms with E-state index < -0.39 is 5.60 Å². The second-order valence-electron chi connectivity index (χ2n) is 4.90. The van der Waals surface area contributed by atoms with E-state index in [2.05, 4.69) is 4.98 Å². The lowest BCUT2D eigenvalue weighted by Crippen LogP contribution is -2.25. The largest absolute Gasteiger partial charge is 0.460 e. The summed E-state index contributed by atoms with van der Waals surface area (Å²) in [6.07, 6.45) is 3.18. The Hall–Kier alpha value is -1.71. The first kappa shape index (κ1) is 13.4. The average molecular weight is 235 g/mol. The summed E-state index contributed by atoms with van der Waals surface area (Å²) in [5, 5.41) is 0. The molecule has 0 N–H and O–H groups in total. The molecule has 0 aliphatic rings. The molecule has 1 aromatic rings. The fraction of sp³-hybridized carbons (Fsp3) is 0.462. The summed E-state index contributed by atoms with van der Waals surface area (Å²) in [5.41, 5.74) is 0.695. The van der Waals surface area contributed by atoms with E-state index in [9.17, 15) is 9.59 Å². The molecule has 0 amide bonds. The van der Waals surface area contributed by atoms with Gasteiger partial charge in [-0.25, -0.2) is 0 Å². The Morgan fingerprint density at radius 2 is 1.94 bits per heavy atom. The van der Waals surface area contributed by atoms with Gasteiger partial charge in [0.25, 0.3) is 0 Å². The number of carbonyl (C=O) groups excluding carboxylic acids is 2. The van der Waals surface area contributed by atoms with Crippen LogP contribution in [-0.4, -0.2) is 22.3 Å². The highest BCUT2D eigenvalue weighted by molar-refractivity contribution is 5.94. The van der Waals surface area contributed by atoms with Gasteiger partial charge in [-0.3, -0.25) is 14.6 Å². The van der Waals surface area contributed by atoms with Gasteiger partial charge < -0.3 is 4.74 Å². The van der Waals surface area contributed by atoms with Gasteiger partial charge in [0.15, 0.2) is 5.78 Å². The molecule has 0 fully saturated rings. The molecule has 4 nitrogen and oxygen atoms in total. The van der Waals surface area contributed by atoms with Crippen molar-refractivity contribution in [3.63, 3.8) is 0 Å². The van der Waals surface area contributed by atoms with E-state index in [-0.39, 0.29) is 18.2 Å². The molecule has 0 atom stereocenters. The van der Waals surface area contributed by atoms with E-state index in [4.69, 9.17) is 4.74 Å². The third-order valence-corrected chi connectivity index (χ3v) is 1.97. The Kier molecular flexibility index (Phi) is 3.99. The Labute approximate surface area is 101 Å². The van der Waals surface area contributed by atoms with Crippen LogP contribution in [0.25, 0.3) is 0 Å². The molecule has 0 bridgehead atoms. The van der Waals surface area contributed by atoms with Gasteiger partial charge in [-0.15, -0.1) is 0 Å². The minimum atomic E-state index is -0.497. The normalized spacial score (nSPS) is 11.1. The van der Waals surface area contributed by atoms with Crippen molar-refractivity contribution in [1.82, 2.24) is 4.98 Å². The van der Waals surface area contributed by atoms with Gasteiger partial charge in [0.2, 0.25) is 0 Å². The van der Waals surface area contributed by atoms with E-state index >= 15 is 0 Å². The lowest BCUT2D eigenvalue weighted by molar-refractivity contribution is -0.153. The summed E-state index contributed by atoms with van der Waals surface area (Å²) in [6, 6.07) is 1.67. The zero-order chi connectivity index (χ0) is 13.1. The quantitative estimate of drug-likeness (QED) is 0.595. The van der Waals surface area contributed by atoms with Gasteiger partial charge in [0.05, 0.1) is 6.42 Å². The SMILES string of the molecule is CC(=O)c1cncc(CC(=O)OC(C)(C)C)c1. The van der Waals surface area contributed by atoms with Crippen LogP contribution in [-0.2, 0) is 16.0 Å². The van der Waals surface area contributed by atoms with Gasteiger partial charge in [0.1, 0.15) is 5.60 Å². The molecule has 92 valence electrons. The van der Waals surface area contributed by atoms with Crippen LogP contribution < -0.4 is 0 Å². The predicted molar refractivity (Wildman–Crippen MR) is 63.8 cm³/mol. The summed E-state index contributed by atoms with van der Waals surface area (Å²) < 4.78 is 5.19. The number of carbonyl (C=O) groups is 2. The van der Waals surface area contributed by atoms with Crippen LogP contribution in [0, 0.1) is 0 Å². The van der Waals surface area contributed by atoms with Crippen molar-refractivity contribution in [2.24, 2.45) is 0 Å². The Morgan fingerprint density at radius 3 is 2.47 bits per heavy atom. The fourth-order valence-corrected chi connectivity index (χ4v) is 1.32. The van der Waals surface area contributed by atoms with Crippen LogP contribution >= 0.6 is 0 Å². The molecular weight excluding hydrogens is 218 g/mol. The van der Waals surface area contributed by atoms with Crippen molar-refractivity contribution in [2.45, 2.75) is 39.7 Å². The van der Waals surface area contributed by atoms with E-state index in [0.717, 1.165) is 0 Å². The van der Waals surface area contributed by atoms with Crippen LogP contribution in [0.15, 0.2) is 18.5 Å². The summed E-state index contributed by atoms with van der Waals surface area (Å²) in [4.78, 5) is 26.7. The molecule has 0 unspecified atom stereocenters. The van der Waals surface area contributed by atoms with Crippen molar-refractivity contribution < 1.29 is 14.3 Å². The van der Waals surface area contributed by atoms with Crippen LogP contribution in [0.4, 0.5) is 0 Å². The van der Waals surface area contributed by atoms with Crippen molar-refractivity contribution >= 4 is 11.8 Å². The molecule has 0 spiro atoms. The number of Topliss-reactive ketones (excluding diaryl/α,β-unsaturated/α-hetero) is 1. The monoisotopic (exact) mass is 235 g/mol. The summed E-state index contributed by atoms with van der Waals surface area (Å²) in [7, 11) is 0. The number of ether oxygens (including phenoxy) is 1. The second kappa shape index (κ2) is 5.08. The van der Waals surface area contributed by atoms with E-state index in [1.807, 2.05) is 20.8 Å². The average Bonchev–Trinajstić information content (AvgIpc) is 2.14. The highest BCUT2D eigenvalue weighted by Gasteiger charge is 2.16. The molecule has 1 heterocycles.